The van der Waals surface area contributed by atoms with E-state index in [9.17, 15) is 28.3 Å². The number of carboxylic acid groups (broad SMARTS) is 1. The van der Waals surface area contributed by atoms with Gasteiger partial charge in [-0.25, -0.2) is 13.6 Å². The molecule has 28 heavy (non-hydrogen) atoms. The molecular weight excluding hydrogens is 370 g/mol. The summed E-state index contributed by atoms with van der Waals surface area (Å²) in [5.74, 6) is -3.55. The molecule has 3 N–H and O–H groups in total. The molecule has 0 heterocycles. The van der Waals surface area contributed by atoms with Gasteiger partial charge in [0, 0.05) is 19.8 Å². The van der Waals surface area contributed by atoms with Crippen LogP contribution in [0.15, 0.2) is 48.5 Å². The number of benzene rings is 2. The number of hydrogen-bond acceptors (Lipinski definition) is 3. The van der Waals surface area contributed by atoms with Crippen molar-refractivity contribution in [3.8, 4) is 0 Å². The molecule has 2 atom stereocenters. The molecule has 0 saturated heterocycles. The third kappa shape index (κ3) is 6.15. The predicted molar refractivity (Wildman–Crippen MR) is 97.4 cm³/mol. The molecule has 0 spiro atoms. The van der Waals surface area contributed by atoms with Gasteiger partial charge < -0.3 is 15.7 Å². The molecule has 2 aromatic carbocycles. The minimum atomic E-state index is -1.30. The van der Waals surface area contributed by atoms with Gasteiger partial charge >= 0.3 is 5.97 Å². The van der Waals surface area contributed by atoms with Crippen LogP contribution in [0.1, 0.15) is 18.1 Å². The van der Waals surface area contributed by atoms with Crippen molar-refractivity contribution in [3.63, 3.8) is 0 Å². The first-order valence-electron chi connectivity index (χ1n) is 8.54. The lowest BCUT2D eigenvalue weighted by atomic mass is 10.0. The molecule has 0 aliphatic carbocycles. The summed E-state index contributed by atoms with van der Waals surface area (Å²) in [5, 5.41) is 14.2. The molecule has 2 amide bonds. The highest BCUT2D eigenvalue weighted by atomic mass is 19.1. The fourth-order valence-electron chi connectivity index (χ4n) is 2.67. The molecule has 8 heteroatoms. The van der Waals surface area contributed by atoms with Gasteiger partial charge in [0.2, 0.25) is 11.8 Å². The Hall–Kier alpha value is -3.29. The molecule has 0 fully saturated rings. The normalized spacial score (nSPS) is 12.7. The topological polar surface area (TPSA) is 95.5 Å². The quantitative estimate of drug-likeness (QED) is 0.641. The van der Waals surface area contributed by atoms with Crippen LogP contribution in [0.25, 0.3) is 0 Å². The van der Waals surface area contributed by atoms with Crippen LogP contribution in [-0.2, 0) is 27.2 Å². The first-order chi connectivity index (χ1) is 13.3. The van der Waals surface area contributed by atoms with Gasteiger partial charge in [-0.05, 0) is 29.3 Å². The van der Waals surface area contributed by atoms with E-state index in [1.807, 2.05) is 0 Å². The molecule has 0 radical (unpaired) electrons. The summed E-state index contributed by atoms with van der Waals surface area (Å²) in [6, 6.07) is 8.56. The maximum Gasteiger partial charge on any atom is 0.326 e. The van der Waals surface area contributed by atoms with Crippen LogP contribution >= 0.6 is 0 Å². The van der Waals surface area contributed by atoms with Gasteiger partial charge in [-0.1, -0.05) is 30.3 Å². The van der Waals surface area contributed by atoms with Crippen molar-refractivity contribution < 1.29 is 28.3 Å². The predicted octanol–water partition coefficient (Wildman–Crippen LogP) is 1.82. The van der Waals surface area contributed by atoms with Crippen molar-refractivity contribution in [2.75, 3.05) is 0 Å². The Morgan fingerprint density at radius 1 is 0.929 bits per heavy atom. The number of carboxylic acids is 1. The zero-order valence-corrected chi connectivity index (χ0v) is 15.1. The number of hydrogen-bond donors (Lipinski definition) is 3. The van der Waals surface area contributed by atoms with Crippen molar-refractivity contribution in [2.45, 2.75) is 31.8 Å². The van der Waals surface area contributed by atoms with Gasteiger partial charge in [-0.15, -0.1) is 0 Å². The molecule has 6 nitrogen and oxygen atoms in total. The monoisotopic (exact) mass is 390 g/mol. The Morgan fingerprint density at radius 2 is 1.57 bits per heavy atom. The standard InChI is InChI=1S/C20H20F2N2O4/c1-12(25)23-17(11-14-4-2-3-5-16(14)22)19(26)24-18(20(27)28)10-13-6-8-15(21)9-7-13/h2-9,17-18H,10-11H2,1H3,(H,23,25)(H,24,26)(H,27,28)/t17-,18-/m1/s1. The Morgan fingerprint density at radius 3 is 2.14 bits per heavy atom. The van der Waals surface area contributed by atoms with Crippen LogP contribution in [0.3, 0.4) is 0 Å². The van der Waals surface area contributed by atoms with E-state index in [0.29, 0.717) is 5.56 Å². The zero-order chi connectivity index (χ0) is 20.7. The van der Waals surface area contributed by atoms with E-state index in [1.54, 1.807) is 6.07 Å². The molecule has 2 rings (SSSR count). The molecule has 0 aromatic heterocycles. The maximum atomic E-state index is 13.9. The number of nitrogens with one attached hydrogen (secondary N) is 2. The number of halogens is 2. The van der Waals surface area contributed by atoms with Crippen LogP contribution in [-0.4, -0.2) is 35.0 Å². The van der Waals surface area contributed by atoms with E-state index in [4.69, 9.17) is 0 Å². The Kier molecular flexibility index (Phi) is 7.20. The fraction of sp³-hybridized carbons (Fsp3) is 0.250. The minimum Gasteiger partial charge on any atom is -0.480 e. The summed E-state index contributed by atoms with van der Waals surface area (Å²) in [6.45, 7) is 1.20. The highest BCUT2D eigenvalue weighted by molar-refractivity contribution is 5.90. The summed E-state index contributed by atoms with van der Waals surface area (Å²) >= 11 is 0. The second-order valence-corrected chi connectivity index (χ2v) is 6.28. The molecule has 0 aliphatic rings. The van der Waals surface area contributed by atoms with Crippen LogP contribution in [0.2, 0.25) is 0 Å². The number of rotatable bonds is 8. The van der Waals surface area contributed by atoms with Gasteiger partial charge in [-0.2, -0.15) is 0 Å². The Balaban J connectivity index is 2.14. The first-order valence-corrected chi connectivity index (χ1v) is 8.54. The molecule has 0 saturated carbocycles. The number of amides is 2. The Labute approximate surface area is 160 Å². The molecule has 148 valence electrons. The highest BCUT2D eigenvalue weighted by Crippen LogP contribution is 2.11. The van der Waals surface area contributed by atoms with Crippen molar-refractivity contribution >= 4 is 17.8 Å². The van der Waals surface area contributed by atoms with Crippen molar-refractivity contribution in [1.29, 1.82) is 0 Å². The Bertz CT molecular complexity index is 856. The van der Waals surface area contributed by atoms with Crippen molar-refractivity contribution in [1.82, 2.24) is 10.6 Å². The highest BCUT2D eigenvalue weighted by Gasteiger charge is 2.27. The van der Waals surface area contributed by atoms with E-state index in [2.05, 4.69) is 10.6 Å². The van der Waals surface area contributed by atoms with E-state index >= 15 is 0 Å². The average molecular weight is 390 g/mol. The molecule has 2 aromatic rings. The van der Waals surface area contributed by atoms with Crippen molar-refractivity contribution in [2.24, 2.45) is 0 Å². The van der Waals surface area contributed by atoms with Gasteiger partial charge in [0.25, 0.3) is 0 Å². The van der Waals surface area contributed by atoms with Crippen LogP contribution < -0.4 is 10.6 Å². The maximum absolute atomic E-state index is 13.9. The lowest BCUT2D eigenvalue weighted by molar-refractivity contribution is -0.142. The third-order valence-corrected chi connectivity index (χ3v) is 4.04. The van der Waals surface area contributed by atoms with E-state index in [0.717, 1.165) is 0 Å². The first kappa shape index (κ1) is 21.0. The third-order valence-electron chi connectivity index (χ3n) is 4.04. The minimum absolute atomic E-state index is 0.0756. The zero-order valence-electron chi connectivity index (χ0n) is 15.1. The molecule has 0 unspecified atom stereocenters. The van der Waals surface area contributed by atoms with Gasteiger partial charge in [0.15, 0.2) is 0 Å². The van der Waals surface area contributed by atoms with E-state index in [-0.39, 0.29) is 18.4 Å². The molecule has 0 bridgehead atoms. The van der Waals surface area contributed by atoms with Gasteiger partial charge in [0.1, 0.15) is 23.7 Å². The fourth-order valence-corrected chi connectivity index (χ4v) is 2.67. The number of aliphatic carboxylic acids is 1. The van der Waals surface area contributed by atoms with Gasteiger partial charge in [-0.3, -0.25) is 9.59 Å². The summed E-state index contributed by atoms with van der Waals surface area (Å²) in [7, 11) is 0. The summed E-state index contributed by atoms with van der Waals surface area (Å²) < 4.78 is 26.9. The van der Waals surface area contributed by atoms with Gasteiger partial charge in [0.05, 0.1) is 0 Å². The molecular formula is C20H20F2N2O4. The van der Waals surface area contributed by atoms with Crippen LogP contribution in [0.5, 0.6) is 0 Å². The summed E-state index contributed by atoms with van der Waals surface area (Å²) in [4.78, 5) is 35.5. The lowest BCUT2D eigenvalue weighted by Crippen LogP contribution is -2.52. The lowest BCUT2D eigenvalue weighted by Gasteiger charge is -2.21. The average Bonchev–Trinajstić information content (AvgIpc) is 2.63. The second-order valence-electron chi connectivity index (χ2n) is 6.28. The largest absolute Gasteiger partial charge is 0.480 e. The molecule has 0 aliphatic heterocycles. The SMILES string of the molecule is CC(=O)N[C@H](Cc1ccccc1F)C(=O)N[C@H](Cc1ccc(F)cc1)C(=O)O. The smallest absolute Gasteiger partial charge is 0.326 e. The van der Waals surface area contributed by atoms with E-state index in [1.165, 1.54) is 49.4 Å². The summed E-state index contributed by atoms with van der Waals surface area (Å²) in [6.07, 6.45) is -0.213. The van der Waals surface area contributed by atoms with Crippen LogP contribution in [0, 0.1) is 11.6 Å². The summed E-state index contributed by atoms with van der Waals surface area (Å²) in [5.41, 5.74) is 0.723. The van der Waals surface area contributed by atoms with Crippen molar-refractivity contribution in [3.05, 3.63) is 71.3 Å². The number of carbonyl (C=O) groups excluding carboxylic acids is 2. The van der Waals surface area contributed by atoms with E-state index < -0.39 is 41.5 Å². The second kappa shape index (κ2) is 9.59. The number of carbonyl (C=O) groups is 3. The van der Waals surface area contributed by atoms with Crippen LogP contribution in [0.4, 0.5) is 8.78 Å².